The third-order valence-corrected chi connectivity index (χ3v) is 3.45. The summed E-state index contributed by atoms with van der Waals surface area (Å²) < 4.78 is 5.69. The van der Waals surface area contributed by atoms with Crippen molar-refractivity contribution in [3.63, 3.8) is 0 Å². The molecule has 3 heteroatoms. The predicted molar refractivity (Wildman–Crippen MR) is 48.3 cm³/mol. The molecular weight excluding hydrogens is 168 g/mol. The molecule has 2 saturated heterocycles. The van der Waals surface area contributed by atoms with Crippen molar-refractivity contribution in [2.45, 2.75) is 44.5 Å². The number of aliphatic hydroxyl groups is 2. The van der Waals surface area contributed by atoms with Gasteiger partial charge in [0.25, 0.3) is 0 Å². The van der Waals surface area contributed by atoms with E-state index in [1.165, 1.54) is 0 Å². The molecule has 0 aromatic rings. The van der Waals surface area contributed by atoms with E-state index >= 15 is 0 Å². The van der Waals surface area contributed by atoms with Crippen molar-refractivity contribution in [1.82, 2.24) is 0 Å². The highest BCUT2D eigenvalue weighted by atomic mass is 16.5. The minimum Gasteiger partial charge on any atom is -0.396 e. The first-order chi connectivity index (χ1) is 6.04. The summed E-state index contributed by atoms with van der Waals surface area (Å²) in [5, 5.41) is 19.2. The molecule has 2 aliphatic heterocycles. The Morgan fingerprint density at radius 2 is 1.92 bits per heavy atom. The Morgan fingerprint density at radius 3 is 2.38 bits per heavy atom. The first-order valence-corrected chi connectivity index (χ1v) is 5.02. The molecule has 0 aromatic heterocycles. The van der Waals surface area contributed by atoms with Crippen LogP contribution in [0.15, 0.2) is 0 Å². The largest absolute Gasteiger partial charge is 0.396 e. The fraction of sp³-hybridized carbons (Fsp3) is 1.00. The van der Waals surface area contributed by atoms with E-state index in [9.17, 15) is 10.2 Å². The second-order valence-corrected chi connectivity index (χ2v) is 4.82. The quantitative estimate of drug-likeness (QED) is 0.662. The number of ether oxygens (including phenoxy) is 1. The van der Waals surface area contributed by atoms with Crippen molar-refractivity contribution in [3.05, 3.63) is 0 Å². The highest BCUT2D eigenvalue weighted by molar-refractivity contribution is 5.01. The van der Waals surface area contributed by atoms with Gasteiger partial charge in [0, 0.05) is 18.4 Å². The van der Waals surface area contributed by atoms with Crippen molar-refractivity contribution in [2.75, 3.05) is 6.61 Å². The van der Waals surface area contributed by atoms with Crippen molar-refractivity contribution in [2.24, 2.45) is 11.8 Å². The summed E-state index contributed by atoms with van der Waals surface area (Å²) in [7, 11) is 0. The first kappa shape index (κ1) is 9.44. The van der Waals surface area contributed by atoms with E-state index < -0.39 is 5.60 Å². The maximum absolute atomic E-state index is 9.95. The Bertz CT molecular complexity index is 197. The normalized spacial score (nSPS) is 44.3. The monoisotopic (exact) mass is 186 g/mol. The lowest BCUT2D eigenvalue weighted by atomic mass is 9.72. The predicted octanol–water partition coefficient (Wildman–Crippen LogP) is 0.543. The maximum atomic E-state index is 9.95. The molecule has 4 unspecified atom stereocenters. The zero-order valence-electron chi connectivity index (χ0n) is 8.23. The lowest BCUT2D eigenvalue weighted by Gasteiger charge is -2.35. The van der Waals surface area contributed by atoms with Crippen LogP contribution in [0.1, 0.15) is 26.7 Å². The molecule has 3 nitrogen and oxygen atoms in total. The van der Waals surface area contributed by atoms with E-state index in [1.54, 1.807) is 0 Å². The second-order valence-electron chi connectivity index (χ2n) is 4.82. The first-order valence-electron chi connectivity index (χ1n) is 5.02. The zero-order valence-corrected chi connectivity index (χ0v) is 8.23. The summed E-state index contributed by atoms with van der Waals surface area (Å²) in [5.74, 6) is 0.245. The summed E-state index contributed by atoms with van der Waals surface area (Å²) in [6.07, 6.45) is 2.44. The van der Waals surface area contributed by atoms with Crippen LogP contribution in [0.3, 0.4) is 0 Å². The number of aliphatic hydroxyl groups excluding tert-OH is 1. The van der Waals surface area contributed by atoms with Crippen LogP contribution in [0, 0.1) is 11.8 Å². The molecule has 4 atom stereocenters. The summed E-state index contributed by atoms with van der Waals surface area (Å²) in [5.41, 5.74) is -0.729. The minimum atomic E-state index is -0.729. The average Bonchev–Trinajstić information content (AvgIpc) is 2.59. The summed E-state index contributed by atoms with van der Waals surface area (Å²) in [6.45, 7) is 3.75. The molecule has 0 aliphatic carbocycles. The van der Waals surface area contributed by atoms with Gasteiger partial charge in [0.15, 0.2) is 0 Å². The van der Waals surface area contributed by atoms with Crippen LogP contribution < -0.4 is 0 Å². The molecule has 0 spiro atoms. The Kier molecular flexibility index (Phi) is 2.13. The van der Waals surface area contributed by atoms with E-state index in [4.69, 9.17) is 4.74 Å². The van der Waals surface area contributed by atoms with Crippen LogP contribution in [0.25, 0.3) is 0 Å². The zero-order chi connectivity index (χ0) is 9.64. The van der Waals surface area contributed by atoms with Crippen molar-refractivity contribution >= 4 is 0 Å². The van der Waals surface area contributed by atoms with E-state index in [0.717, 1.165) is 12.8 Å². The maximum Gasteiger partial charge on any atom is 0.0649 e. The highest BCUT2D eigenvalue weighted by Crippen LogP contribution is 2.47. The number of hydrogen-bond donors (Lipinski definition) is 2. The van der Waals surface area contributed by atoms with Gasteiger partial charge in [-0.1, -0.05) is 0 Å². The van der Waals surface area contributed by atoms with Gasteiger partial charge in [0.05, 0.1) is 17.8 Å². The molecule has 2 heterocycles. The Balaban J connectivity index is 2.18. The Hall–Kier alpha value is -0.120. The molecule has 2 aliphatic rings. The summed E-state index contributed by atoms with van der Waals surface area (Å²) in [4.78, 5) is 0. The molecule has 2 fully saturated rings. The molecular formula is C10H18O3. The molecule has 0 aromatic carbocycles. The SMILES string of the molecule is CC(C)(O)C1C2CCC(O2)C1CO. The fourth-order valence-corrected chi connectivity index (χ4v) is 2.99. The smallest absolute Gasteiger partial charge is 0.0649 e. The molecule has 2 bridgehead atoms. The van der Waals surface area contributed by atoms with Crippen LogP contribution in [0.2, 0.25) is 0 Å². The van der Waals surface area contributed by atoms with Gasteiger partial charge in [0.2, 0.25) is 0 Å². The molecule has 2 N–H and O–H groups in total. The van der Waals surface area contributed by atoms with Gasteiger partial charge in [-0.3, -0.25) is 0 Å². The third-order valence-electron chi connectivity index (χ3n) is 3.45. The van der Waals surface area contributed by atoms with E-state index in [0.29, 0.717) is 0 Å². The van der Waals surface area contributed by atoms with Crippen molar-refractivity contribution in [3.8, 4) is 0 Å². The van der Waals surface area contributed by atoms with E-state index in [-0.39, 0.29) is 30.7 Å². The number of rotatable bonds is 2. The third kappa shape index (κ3) is 1.39. The van der Waals surface area contributed by atoms with Gasteiger partial charge in [0.1, 0.15) is 0 Å². The molecule has 0 amide bonds. The van der Waals surface area contributed by atoms with Gasteiger partial charge in [-0.15, -0.1) is 0 Å². The van der Waals surface area contributed by atoms with Gasteiger partial charge >= 0.3 is 0 Å². The van der Waals surface area contributed by atoms with Gasteiger partial charge < -0.3 is 14.9 Å². The van der Waals surface area contributed by atoms with Crippen LogP contribution in [-0.4, -0.2) is 34.6 Å². The van der Waals surface area contributed by atoms with Gasteiger partial charge in [-0.05, 0) is 26.7 Å². The molecule has 2 rings (SSSR count). The van der Waals surface area contributed by atoms with Crippen LogP contribution in [0.5, 0.6) is 0 Å². The lowest BCUT2D eigenvalue weighted by Crippen LogP contribution is -2.44. The van der Waals surface area contributed by atoms with Crippen LogP contribution in [-0.2, 0) is 4.74 Å². The topological polar surface area (TPSA) is 49.7 Å². The molecule has 0 radical (unpaired) electrons. The van der Waals surface area contributed by atoms with Crippen LogP contribution >= 0.6 is 0 Å². The summed E-state index contributed by atoms with van der Waals surface area (Å²) in [6, 6.07) is 0. The van der Waals surface area contributed by atoms with Crippen LogP contribution in [0.4, 0.5) is 0 Å². The summed E-state index contributed by atoms with van der Waals surface area (Å²) >= 11 is 0. The fourth-order valence-electron chi connectivity index (χ4n) is 2.99. The number of fused-ring (bicyclic) bond motifs is 2. The van der Waals surface area contributed by atoms with Gasteiger partial charge in [-0.25, -0.2) is 0 Å². The Morgan fingerprint density at radius 1 is 1.31 bits per heavy atom. The second kappa shape index (κ2) is 2.94. The molecule has 0 saturated carbocycles. The Labute approximate surface area is 78.7 Å². The van der Waals surface area contributed by atoms with Gasteiger partial charge in [-0.2, -0.15) is 0 Å². The highest BCUT2D eigenvalue weighted by Gasteiger charge is 2.53. The lowest BCUT2D eigenvalue weighted by molar-refractivity contribution is -0.0359. The van der Waals surface area contributed by atoms with E-state index in [1.807, 2.05) is 13.8 Å². The van der Waals surface area contributed by atoms with E-state index in [2.05, 4.69) is 0 Å². The molecule has 76 valence electrons. The standard InChI is InChI=1S/C10H18O3/c1-10(2,12)9-6(5-11)7-3-4-8(9)13-7/h6-9,11-12H,3-5H2,1-2H3. The number of hydrogen-bond acceptors (Lipinski definition) is 3. The van der Waals surface area contributed by atoms with Crippen molar-refractivity contribution in [1.29, 1.82) is 0 Å². The average molecular weight is 186 g/mol. The molecule has 13 heavy (non-hydrogen) atoms. The van der Waals surface area contributed by atoms with Crippen molar-refractivity contribution < 1.29 is 14.9 Å². The minimum absolute atomic E-state index is 0.108.